The molecule has 1 fully saturated rings. The van der Waals surface area contributed by atoms with E-state index in [-0.39, 0.29) is 5.84 Å². The Labute approximate surface area is 107 Å². The molecule has 0 spiro atoms. The second-order valence-electron chi connectivity index (χ2n) is 5.19. The van der Waals surface area contributed by atoms with Gasteiger partial charge in [-0.15, -0.1) is 0 Å². The smallest absolute Gasteiger partial charge is 0.170 e. The third-order valence-electron chi connectivity index (χ3n) is 3.52. The summed E-state index contributed by atoms with van der Waals surface area (Å²) < 4.78 is 0. The maximum absolute atomic E-state index is 8.73. The van der Waals surface area contributed by atoms with Crippen LogP contribution in [-0.2, 0) is 0 Å². The Morgan fingerprint density at radius 1 is 1.61 bits per heavy atom. The van der Waals surface area contributed by atoms with E-state index in [1.807, 2.05) is 26.1 Å². The molecule has 2 unspecified atom stereocenters. The lowest BCUT2D eigenvalue weighted by molar-refractivity contribution is 0.318. The van der Waals surface area contributed by atoms with Crippen LogP contribution in [0.2, 0.25) is 0 Å². The Morgan fingerprint density at radius 3 is 2.83 bits per heavy atom. The maximum atomic E-state index is 8.73. The van der Waals surface area contributed by atoms with Crippen LogP contribution in [0, 0.1) is 18.8 Å². The number of amidine groups is 1. The molecular weight excluding hydrogens is 228 g/mol. The Bertz CT molecular complexity index is 472. The topological polar surface area (TPSA) is 74.7 Å². The van der Waals surface area contributed by atoms with Gasteiger partial charge in [-0.3, -0.25) is 0 Å². The highest BCUT2D eigenvalue weighted by atomic mass is 16.4. The van der Waals surface area contributed by atoms with Crippen molar-refractivity contribution in [2.75, 3.05) is 18.5 Å². The maximum Gasteiger partial charge on any atom is 0.170 e. The van der Waals surface area contributed by atoms with Crippen molar-refractivity contribution in [1.29, 1.82) is 0 Å². The summed E-state index contributed by atoms with van der Waals surface area (Å²) in [6.45, 7) is 5.18. The number of aryl methyl sites for hydroxylation is 1. The molecule has 3 N–H and O–H groups in total. The van der Waals surface area contributed by atoms with E-state index in [2.05, 4.69) is 22.0 Å². The Morgan fingerprint density at radius 2 is 2.28 bits per heavy atom. The molecule has 1 saturated carbocycles. The van der Waals surface area contributed by atoms with Gasteiger partial charge in [0, 0.05) is 24.8 Å². The van der Waals surface area contributed by atoms with Crippen LogP contribution in [0.4, 0.5) is 5.82 Å². The number of hydrogen-bond acceptors (Lipinski definition) is 4. The average Bonchev–Trinajstić information content (AvgIpc) is 3.03. The molecule has 18 heavy (non-hydrogen) atoms. The van der Waals surface area contributed by atoms with Crippen LogP contribution in [0.5, 0.6) is 0 Å². The Balaban J connectivity index is 2.19. The molecule has 1 aliphatic carbocycles. The predicted molar refractivity (Wildman–Crippen MR) is 72.0 cm³/mol. The van der Waals surface area contributed by atoms with Gasteiger partial charge in [0.15, 0.2) is 5.84 Å². The summed E-state index contributed by atoms with van der Waals surface area (Å²) >= 11 is 0. The first-order valence-electron chi connectivity index (χ1n) is 6.19. The fourth-order valence-corrected chi connectivity index (χ4v) is 2.15. The van der Waals surface area contributed by atoms with E-state index >= 15 is 0 Å². The zero-order valence-electron chi connectivity index (χ0n) is 11.1. The van der Waals surface area contributed by atoms with Crippen LogP contribution in [-0.4, -0.2) is 29.6 Å². The van der Waals surface area contributed by atoms with Gasteiger partial charge in [0.1, 0.15) is 5.82 Å². The molecule has 0 aromatic carbocycles. The number of anilines is 1. The normalized spacial score (nSPS) is 22.9. The predicted octanol–water partition coefficient (Wildman–Crippen LogP) is 1.58. The first kappa shape index (κ1) is 12.7. The lowest BCUT2D eigenvalue weighted by atomic mass is 10.2. The summed E-state index contributed by atoms with van der Waals surface area (Å²) in [7, 11) is 2.03. The molecule has 5 nitrogen and oxygen atoms in total. The molecule has 2 atom stereocenters. The number of nitrogens with two attached hydrogens (primary N) is 1. The zero-order chi connectivity index (χ0) is 13.3. The largest absolute Gasteiger partial charge is 0.409 e. The van der Waals surface area contributed by atoms with Crippen LogP contribution in [0.15, 0.2) is 17.3 Å². The van der Waals surface area contributed by atoms with Crippen molar-refractivity contribution in [3.63, 3.8) is 0 Å². The van der Waals surface area contributed by atoms with Crippen molar-refractivity contribution in [1.82, 2.24) is 4.98 Å². The molecule has 1 aromatic rings. The van der Waals surface area contributed by atoms with Crippen LogP contribution < -0.4 is 10.6 Å². The fourth-order valence-electron chi connectivity index (χ4n) is 2.15. The number of oxime groups is 1. The Hall–Kier alpha value is -1.78. The lowest BCUT2D eigenvalue weighted by Gasteiger charge is -2.19. The van der Waals surface area contributed by atoms with E-state index in [0.717, 1.165) is 29.9 Å². The molecule has 1 aromatic heterocycles. The highest BCUT2D eigenvalue weighted by Crippen LogP contribution is 2.38. The van der Waals surface area contributed by atoms with Crippen LogP contribution >= 0.6 is 0 Å². The molecule has 2 rings (SSSR count). The van der Waals surface area contributed by atoms with Crippen molar-refractivity contribution in [2.24, 2.45) is 22.7 Å². The van der Waals surface area contributed by atoms with Crippen molar-refractivity contribution < 1.29 is 5.21 Å². The molecule has 0 aliphatic heterocycles. The van der Waals surface area contributed by atoms with E-state index in [1.165, 1.54) is 6.42 Å². The van der Waals surface area contributed by atoms with E-state index in [9.17, 15) is 0 Å². The molecule has 1 aliphatic rings. The minimum absolute atomic E-state index is 0.120. The van der Waals surface area contributed by atoms with E-state index in [4.69, 9.17) is 10.9 Å². The van der Waals surface area contributed by atoms with Crippen molar-refractivity contribution in [3.05, 3.63) is 23.4 Å². The van der Waals surface area contributed by atoms with E-state index < -0.39 is 0 Å². The SMILES string of the molecule is Cc1cc(/C(N)=N/O)cc(N(C)CC2CC2C)n1. The fraction of sp³-hybridized carbons (Fsp3) is 0.538. The summed E-state index contributed by atoms with van der Waals surface area (Å²) in [5, 5.41) is 11.8. The molecule has 5 heteroatoms. The quantitative estimate of drug-likeness (QED) is 0.367. The summed E-state index contributed by atoms with van der Waals surface area (Å²) in [5.74, 6) is 2.58. The van der Waals surface area contributed by atoms with Gasteiger partial charge in [-0.25, -0.2) is 4.98 Å². The minimum atomic E-state index is 0.120. The second kappa shape index (κ2) is 4.84. The minimum Gasteiger partial charge on any atom is -0.409 e. The van der Waals surface area contributed by atoms with E-state index in [1.54, 1.807) is 0 Å². The summed E-state index contributed by atoms with van der Waals surface area (Å²) in [6.07, 6.45) is 1.29. The van der Waals surface area contributed by atoms with Crippen molar-refractivity contribution in [2.45, 2.75) is 20.3 Å². The zero-order valence-corrected chi connectivity index (χ0v) is 11.1. The standard InChI is InChI=1S/C13H20N4O/c1-8-4-11(8)7-17(3)12-6-10(13(14)16-18)5-9(2)15-12/h5-6,8,11,18H,4,7H2,1-3H3,(H2,14,16). The van der Waals surface area contributed by atoms with Crippen molar-refractivity contribution in [3.8, 4) is 0 Å². The van der Waals surface area contributed by atoms with Gasteiger partial charge in [0.25, 0.3) is 0 Å². The van der Waals surface area contributed by atoms with Crippen LogP contribution in [0.1, 0.15) is 24.6 Å². The van der Waals surface area contributed by atoms with Crippen molar-refractivity contribution >= 4 is 11.7 Å². The molecule has 0 saturated heterocycles. The lowest BCUT2D eigenvalue weighted by Crippen LogP contribution is -2.23. The number of hydrogen-bond donors (Lipinski definition) is 2. The van der Waals surface area contributed by atoms with Gasteiger partial charge in [-0.05, 0) is 37.3 Å². The molecule has 1 heterocycles. The number of nitrogens with zero attached hydrogens (tertiary/aromatic N) is 3. The summed E-state index contributed by atoms with van der Waals surface area (Å²) in [4.78, 5) is 6.62. The van der Waals surface area contributed by atoms with Crippen LogP contribution in [0.3, 0.4) is 0 Å². The van der Waals surface area contributed by atoms with Gasteiger partial charge >= 0.3 is 0 Å². The van der Waals surface area contributed by atoms with Gasteiger partial charge in [0.2, 0.25) is 0 Å². The number of aromatic nitrogens is 1. The third-order valence-corrected chi connectivity index (χ3v) is 3.52. The average molecular weight is 248 g/mol. The summed E-state index contributed by atoms with van der Waals surface area (Å²) in [5.41, 5.74) is 7.19. The molecule has 0 radical (unpaired) electrons. The monoisotopic (exact) mass is 248 g/mol. The highest BCUT2D eigenvalue weighted by molar-refractivity contribution is 5.97. The van der Waals surface area contributed by atoms with E-state index in [0.29, 0.717) is 5.56 Å². The molecule has 0 bridgehead atoms. The Kier molecular flexibility index (Phi) is 3.41. The first-order valence-corrected chi connectivity index (χ1v) is 6.19. The van der Waals surface area contributed by atoms with Gasteiger partial charge in [-0.2, -0.15) is 0 Å². The number of pyridine rings is 1. The highest BCUT2D eigenvalue weighted by Gasteiger charge is 2.33. The molecular formula is C13H20N4O. The second-order valence-corrected chi connectivity index (χ2v) is 5.19. The molecule has 98 valence electrons. The van der Waals surface area contributed by atoms with Gasteiger partial charge in [-0.1, -0.05) is 12.1 Å². The number of rotatable bonds is 4. The van der Waals surface area contributed by atoms with Crippen LogP contribution in [0.25, 0.3) is 0 Å². The third kappa shape index (κ3) is 2.72. The first-order chi connectivity index (χ1) is 8.51. The van der Waals surface area contributed by atoms with Gasteiger partial charge < -0.3 is 15.8 Å². The van der Waals surface area contributed by atoms with Gasteiger partial charge in [0.05, 0.1) is 0 Å². The summed E-state index contributed by atoms with van der Waals surface area (Å²) in [6, 6.07) is 3.67. The molecule has 0 amide bonds.